The van der Waals surface area contributed by atoms with Gasteiger partial charge < -0.3 is 10.6 Å². The van der Waals surface area contributed by atoms with Crippen LogP contribution in [0.15, 0.2) is 24.3 Å². The highest BCUT2D eigenvalue weighted by Crippen LogP contribution is 2.23. The van der Waals surface area contributed by atoms with E-state index in [0.29, 0.717) is 0 Å². The van der Waals surface area contributed by atoms with Gasteiger partial charge in [0, 0.05) is 6.54 Å². The Bertz CT molecular complexity index is 445. The molecule has 1 amide bonds. The summed E-state index contributed by atoms with van der Waals surface area (Å²) in [6.07, 6.45) is 2.31. The first kappa shape index (κ1) is 15.0. The molecule has 0 saturated carbocycles. The minimum absolute atomic E-state index is 0.118. The van der Waals surface area contributed by atoms with Crippen molar-refractivity contribution < 1.29 is 4.79 Å². The molecule has 20 heavy (non-hydrogen) atoms. The quantitative estimate of drug-likeness (QED) is 0.865. The van der Waals surface area contributed by atoms with E-state index in [4.69, 9.17) is 0 Å². The predicted molar refractivity (Wildman–Crippen MR) is 82.8 cm³/mol. The highest BCUT2D eigenvalue weighted by molar-refractivity contribution is 5.87. The number of benzene rings is 1. The molecule has 110 valence electrons. The first-order valence-corrected chi connectivity index (χ1v) is 7.56. The smallest absolute Gasteiger partial charge is 0.230 e. The van der Waals surface area contributed by atoms with E-state index in [1.807, 2.05) is 13.8 Å². The monoisotopic (exact) mass is 274 g/mol. The lowest BCUT2D eigenvalue weighted by molar-refractivity contribution is -0.125. The van der Waals surface area contributed by atoms with Gasteiger partial charge in [0.05, 0.1) is 5.41 Å². The first-order valence-electron chi connectivity index (χ1n) is 7.56. The molecule has 0 spiro atoms. The Balaban J connectivity index is 1.87. The number of carbonyl (C=O) groups excluding carboxylic acids is 1. The first-order chi connectivity index (χ1) is 9.50. The van der Waals surface area contributed by atoms with Gasteiger partial charge in [-0.2, -0.15) is 0 Å². The van der Waals surface area contributed by atoms with Crippen LogP contribution in [-0.2, 0) is 10.2 Å². The van der Waals surface area contributed by atoms with Crippen LogP contribution < -0.4 is 10.6 Å². The highest BCUT2D eigenvalue weighted by Gasteiger charge is 2.29. The Morgan fingerprint density at radius 3 is 2.65 bits per heavy atom. The van der Waals surface area contributed by atoms with Gasteiger partial charge in [0.25, 0.3) is 0 Å². The standard InChI is InChI=1S/C17H26N2O/c1-13-4-6-15(7-5-13)17(2,3)16(20)19-11-9-14-8-10-18-12-14/h4-7,14,18H,8-12H2,1-3H3,(H,19,20). The Labute approximate surface area is 122 Å². The normalized spacial score (nSPS) is 19.1. The van der Waals surface area contributed by atoms with E-state index in [9.17, 15) is 4.79 Å². The molecule has 1 atom stereocenters. The average molecular weight is 274 g/mol. The van der Waals surface area contributed by atoms with Crippen LogP contribution in [0, 0.1) is 12.8 Å². The summed E-state index contributed by atoms with van der Waals surface area (Å²) in [7, 11) is 0. The van der Waals surface area contributed by atoms with Crippen molar-refractivity contribution in [2.45, 2.75) is 39.0 Å². The lowest BCUT2D eigenvalue weighted by Gasteiger charge is -2.24. The predicted octanol–water partition coefficient (Wildman–Crippen LogP) is 2.39. The Morgan fingerprint density at radius 1 is 1.35 bits per heavy atom. The summed E-state index contributed by atoms with van der Waals surface area (Å²) in [5, 5.41) is 6.46. The van der Waals surface area contributed by atoms with Gasteiger partial charge in [0.1, 0.15) is 0 Å². The third-order valence-electron chi connectivity index (χ3n) is 4.34. The van der Waals surface area contributed by atoms with Gasteiger partial charge in [-0.3, -0.25) is 4.79 Å². The summed E-state index contributed by atoms with van der Waals surface area (Å²) < 4.78 is 0. The molecule has 2 N–H and O–H groups in total. The van der Waals surface area contributed by atoms with Crippen LogP contribution >= 0.6 is 0 Å². The van der Waals surface area contributed by atoms with E-state index < -0.39 is 5.41 Å². The Morgan fingerprint density at radius 2 is 2.05 bits per heavy atom. The second kappa shape index (κ2) is 6.40. The van der Waals surface area contributed by atoms with E-state index in [1.54, 1.807) is 0 Å². The zero-order valence-electron chi connectivity index (χ0n) is 12.8. The summed E-state index contributed by atoms with van der Waals surface area (Å²) >= 11 is 0. The lowest BCUT2D eigenvalue weighted by Crippen LogP contribution is -2.40. The zero-order chi connectivity index (χ0) is 14.6. The summed E-state index contributed by atoms with van der Waals surface area (Å²) in [6.45, 7) is 9.03. The van der Waals surface area contributed by atoms with Crippen molar-refractivity contribution in [3.63, 3.8) is 0 Å². The van der Waals surface area contributed by atoms with Crippen LogP contribution in [0.1, 0.15) is 37.8 Å². The Hall–Kier alpha value is -1.35. The summed E-state index contributed by atoms with van der Waals surface area (Å²) in [4.78, 5) is 12.4. The van der Waals surface area contributed by atoms with E-state index in [2.05, 4.69) is 41.8 Å². The number of carbonyl (C=O) groups is 1. The fourth-order valence-electron chi connectivity index (χ4n) is 2.67. The molecule has 1 unspecified atom stereocenters. The molecule has 1 heterocycles. The van der Waals surface area contributed by atoms with Crippen LogP contribution in [0.25, 0.3) is 0 Å². The van der Waals surface area contributed by atoms with E-state index in [-0.39, 0.29) is 5.91 Å². The van der Waals surface area contributed by atoms with Crippen molar-refractivity contribution in [3.05, 3.63) is 35.4 Å². The number of hydrogen-bond acceptors (Lipinski definition) is 2. The maximum absolute atomic E-state index is 12.4. The van der Waals surface area contributed by atoms with Crippen LogP contribution in [0.4, 0.5) is 0 Å². The second-order valence-corrected chi connectivity index (χ2v) is 6.39. The van der Waals surface area contributed by atoms with Crippen molar-refractivity contribution in [3.8, 4) is 0 Å². The molecule has 1 aliphatic heterocycles. The van der Waals surface area contributed by atoms with Gasteiger partial charge in [-0.15, -0.1) is 0 Å². The van der Waals surface area contributed by atoms with Gasteiger partial charge in [-0.05, 0) is 58.2 Å². The summed E-state index contributed by atoms with van der Waals surface area (Å²) in [5.41, 5.74) is 1.82. The topological polar surface area (TPSA) is 41.1 Å². The highest BCUT2D eigenvalue weighted by atomic mass is 16.2. The molecular weight excluding hydrogens is 248 g/mol. The Kier molecular flexibility index (Phi) is 4.81. The second-order valence-electron chi connectivity index (χ2n) is 6.39. The lowest BCUT2D eigenvalue weighted by atomic mass is 9.83. The van der Waals surface area contributed by atoms with Gasteiger partial charge in [-0.25, -0.2) is 0 Å². The van der Waals surface area contributed by atoms with E-state index in [0.717, 1.165) is 37.5 Å². The summed E-state index contributed by atoms with van der Waals surface area (Å²) in [6, 6.07) is 8.23. The number of amides is 1. The third kappa shape index (κ3) is 3.60. The number of aryl methyl sites for hydroxylation is 1. The maximum atomic E-state index is 12.4. The van der Waals surface area contributed by atoms with Crippen molar-refractivity contribution in [2.75, 3.05) is 19.6 Å². The summed E-state index contributed by atoms with van der Waals surface area (Å²) in [5.74, 6) is 0.838. The molecule has 3 heteroatoms. The number of nitrogens with one attached hydrogen (secondary N) is 2. The van der Waals surface area contributed by atoms with Gasteiger partial charge in [-0.1, -0.05) is 29.8 Å². The molecule has 3 nitrogen and oxygen atoms in total. The molecule has 1 fully saturated rings. The zero-order valence-corrected chi connectivity index (χ0v) is 12.8. The SMILES string of the molecule is Cc1ccc(C(C)(C)C(=O)NCCC2CCNC2)cc1. The molecule has 0 aromatic heterocycles. The molecule has 0 aliphatic carbocycles. The third-order valence-corrected chi connectivity index (χ3v) is 4.34. The van der Waals surface area contributed by atoms with E-state index >= 15 is 0 Å². The number of hydrogen-bond donors (Lipinski definition) is 2. The number of rotatable bonds is 5. The van der Waals surface area contributed by atoms with Crippen LogP contribution in [0.3, 0.4) is 0 Å². The van der Waals surface area contributed by atoms with Crippen molar-refractivity contribution in [2.24, 2.45) is 5.92 Å². The van der Waals surface area contributed by atoms with Crippen LogP contribution in [0.2, 0.25) is 0 Å². The largest absolute Gasteiger partial charge is 0.355 e. The molecule has 1 aromatic carbocycles. The van der Waals surface area contributed by atoms with Crippen LogP contribution in [-0.4, -0.2) is 25.5 Å². The fourth-order valence-corrected chi connectivity index (χ4v) is 2.67. The van der Waals surface area contributed by atoms with Gasteiger partial charge in [0.15, 0.2) is 0 Å². The van der Waals surface area contributed by atoms with Crippen molar-refractivity contribution in [1.82, 2.24) is 10.6 Å². The fraction of sp³-hybridized carbons (Fsp3) is 0.588. The minimum Gasteiger partial charge on any atom is -0.355 e. The maximum Gasteiger partial charge on any atom is 0.230 e. The minimum atomic E-state index is -0.471. The van der Waals surface area contributed by atoms with Gasteiger partial charge in [0.2, 0.25) is 5.91 Å². The van der Waals surface area contributed by atoms with Gasteiger partial charge >= 0.3 is 0 Å². The molecule has 2 rings (SSSR count). The van der Waals surface area contributed by atoms with Crippen molar-refractivity contribution in [1.29, 1.82) is 0 Å². The van der Waals surface area contributed by atoms with E-state index in [1.165, 1.54) is 12.0 Å². The molecule has 0 radical (unpaired) electrons. The molecule has 1 saturated heterocycles. The van der Waals surface area contributed by atoms with Crippen LogP contribution in [0.5, 0.6) is 0 Å². The molecule has 1 aliphatic rings. The molecule has 1 aromatic rings. The average Bonchev–Trinajstić information content (AvgIpc) is 2.92. The molecular formula is C17H26N2O. The molecule has 0 bridgehead atoms. The van der Waals surface area contributed by atoms with Crippen molar-refractivity contribution >= 4 is 5.91 Å².